The minimum atomic E-state index is 0. The molecule has 0 saturated carbocycles. The van der Waals surface area contributed by atoms with E-state index in [0.29, 0.717) is 25.7 Å². The normalized spacial score (nSPS) is 13.2. The van der Waals surface area contributed by atoms with E-state index in [1.165, 1.54) is 5.56 Å². The van der Waals surface area contributed by atoms with E-state index < -0.39 is 0 Å². The van der Waals surface area contributed by atoms with Gasteiger partial charge in [0.2, 0.25) is 0 Å². The Morgan fingerprint density at radius 1 is 1.07 bits per heavy atom. The lowest BCUT2D eigenvalue weighted by molar-refractivity contribution is 0.297. The molecule has 0 fully saturated rings. The number of benzene rings is 2. The number of anilines is 1. The van der Waals surface area contributed by atoms with Gasteiger partial charge in [-0.3, -0.25) is 9.67 Å². The molecule has 0 aliphatic carbocycles. The SMILES string of the molecule is CN=C(NCc1cnn(Cc2ccccc2)c1)Nc1ccc2c(c1)OCCCO2.I. The lowest BCUT2D eigenvalue weighted by Gasteiger charge is -2.13. The zero-order chi connectivity index (χ0) is 19.9. The van der Waals surface area contributed by atoms with Crippen LogP contribution in [0.15, 0.2) is 65.9 Å². The molecule has 7 nitrogen and oxygen atoms in total. The van der Waals surface area contributed by atoms with Crippen LogP contribution in [-0.2, 0) is 13.1 Å². The highest BCUT2D eigenvalue weighted by Crippen LogP contribution is 2.32. The second-order valence-corrected chi connectivity index (χ2v) is 6.79. The largest absolute Gasteiger partial charge is 0.490 e. The summed E-state index contributed by atoms with van der Waals surface area (Å²) in [5.41, 5.74) is 3.20. The zero-order valence-corrected chi connectivity index (χ0v) is 19.2. The number of nitrogens with one attached hydrogen (secondary N) is 2. The van der Waals surface area contributed by atoms with E-state index in [9.17, 15) is 0 Å². The van der Waals surface area contributed by atoms with Gasteiger partial charge in [-0.05, 0) is 17.7 Å². The first kappa shape index (κ1) is 21.9. The third kappa shape index (κ3) is 5.88. The van der Waals surface area contributed by atoms with E-state index in [4.69, 9.17) is 9.47 Å². The van der Waals surface area contributed by atoms with Gasteiger partial charge in [0.15, 0.2) is 17.5 Å². The maximum Gasteiger partial charge on any atom is 0.195 e. The molecule has 0 radical (unpaired) electrons. The number of ether oxygens (including phenoxy) is 2. The summed E-state index contributed by atoms with van der Waals surface area (Å²) in [5, 5.41) is 11.1. The Labute approximate surface area is 193 Å². The zero-order valence-electron chi connectivity index (χ0n) is 16.9. The molecule has 0 saturated heterocycles. The molecule has 1 aliphatic rings. The number of halogens is 1. The first-order valence-corrected chi connectivity index (χ1v) is 9.73. The molecule has 0 amide bonds. The Hall–Kier alpha value is -2.75. The molecule has 8 heteroatoms. The third-order valence-corrected chi connectivity index (χ3v) is 4.57. The van der Waals surface area contributed by atoms with Crippen LogP contribution in [-0.4, -0.2) is 36.0 Å². The molecule has 1 aromatic heterocycles. The molecule has 0 bridgehead atoms. The summed E-state index contributed by atoms with van der Waals surface area (Å²) in [5.74, 6) is 2.21. The Balaban J connectivity index is 0.00000256. The first-order chi connectivity index (χ1) is 14.3. The highest BCUT2D eigenvalue weighted by Gasteiger charge is 2.11. The molecule has 2 N–H and O–H groups in total. The minimum absolute atomic E-state index is 0. The van der Waals surface area contributed by atoms with Crippen molar-refractivity contribution in [2.75, 3.05) is 25.6 Å². The Bertz CT molecular complexity index is 975. The summed E-state index contributed by atoms with van der Waals surface area (Å²) in [4.78, 5) is 4.30. The van der Waals surface area contributed by atoms with Crippen molar-refractivity contribution in [2.45, 2.75) is 19.5 Å². The van der Waals surface area contributed by atoms with Crippen LogP contribution in [0.2, 0.25) is 0 Å². The topological polar surface area (TPSA) is 72.7 Å². The molecule has 2 aromatic carbocycles. The summed E-state index contributed by atoms with van der Waals surface area (Å²) >= 11 is 0. The van der Waals surface area contributed by atoms with Crippen LogP contribution < -0.4 is 20.1 Å². The van der Waals surface area contributed by atoms with Gasteiger partial charge in [-0.15, -0.1) is 24.0 Å². The van der Waals surface area contributed by atoms with Crippen LogP contribution in [0.4, 0.5) is 5.69 Å². The Kier molecular flexibility index (Phi) is 7.95. The van der Waals surface area contributed by atoms with Crippen molar-refractivity contribution in [3.05, 3.63) is 72.1 Å². The number of rotatable bonds is 5. The molecule has 0 atom stereocenters. The first-order valence-electron chi connectivity index (χ1n) is 9.73. The fraction of sp³-hybridized carbons (Fsp3) is 0.273. The van der Waals surface area contributed by atoms with Gasteiger partial charge in [-0.2, -0.15) is 5.10 Å². The minimum Gasteiger partial charge on any atom is -0.490 e. The van der Waals surface area contributed by atoms with Crippen molar-refractivity contribution < 1.29 is 9.47 Å². The lowest BCUT2D eigenvalue weighted by atomic mass is 10.2. The molecule has 2 heterocycles. The number of fused-ring (bicyclic) bond motifs is 1. The molecule has 0 spiro atoms. The standard InChI is InChI=1S/C22H25N5O2.HI/c1-23-22(26-19-8-9-20-21(12-19)29-11-5-10-28-20)24-13-18-14-25-27(16-18)15-17-6-3-2-4-7-17;/h2-4,6-9,12,14,16H,5,10-11,13,15H2,1H3,(H2,23,24,26);1H. The fourth-order valence-corrected chi connectivity index (χ4v) is 3.10. The second-order valence-electron chi connectivity index (χ2n) is 6.79. The molecule has 1 aliphatic heterocycles. The molecular formula is C22H26IN5O2. The average Bonchev–Trinajstić information content (AvgIpc) is 3.06. The van der Waals surface area contributed by atoms with Crippen molar-refractivity contribution in [3.63, 3.8) is 0 Å². The highest BCUT2D eigenvalue weighted by atomic mass is 127. The molecule has 158 valence electrons. The van der Waals surface area contributed by atoms with Crippen molar-refractivity contribution >= 4 is 35.6 Å². The number of aliphatic imine (C=N–C) groups is 1. The third-order valence-electron chi connectivity index (χ3n) is 4.57. The number of hydrogen-bond donors (Lipinski definition) is 2. The number of guanidine groups is 1. The van der Waals surface area contributed by atoms with Crippen molar-refractivity contribution in [2.24, 2.45) is 4.99 Å². The molecule has 0 unspecified atom stereocenters. The van der Waals surface area contributed by atoms with E-state index in [-0.39, 0.29) is 24.0 Å². The van der Waals surface area contributed by atoms with Crippen molar-refractivity contribution in [3.8, 4) is 11.5 Å². The Morgan fingerprint density at radius 2 is 1.87 bits per heavy atom. The van der Waals surface area contributed by atoms with Gasteiger partial charge in [0, 0.05) is 43.5 Å². The van der Waals surface area contributed by atoms with Crippen LogP contribution in [0.1, 0.15) is 17.5 Å². The summed E-state index contributed by atoms with van der Waals surface area (Å²) in [6.45, 7) is 2.72. The van der Waals surface area contributed by atoms with Gasteiger partial charge < -0.3 is 20.1 Å². The maximum atomic E-state index is 5.75. The number of aromatic nitrogens is 2. The average molecular weight is 519 g/mol. The van der Waals surface area contributed by atoms with Crippen LogP contribution >= 0.6 is 24.0 Å². The molecule has 4 rings (SSSR count). The summed E-state index contributed by atoms with van der Waals surface area (Å²) in [7, 11) is 1.75. The fourth-order valence-electron chi connectivity index (χ4n) is 3.10. The number of hydrogen-bond acceptors (Lipinski definition) is 4. The summed E-state index contributed by atoms with van der Waals surface area (Å²) in [6, 6.07) is 16.1. The van der Waals surface area contributed by atoms with Gasteiger partial charge >= 0.3 is 0 Å². The molecular weight excluding hydrogens is 493 g/mol. The lowest BCUT2D eigenvalue weighted by Crippen LogP contribution is -2.30. The van der Waals surface area contributed by atoms with Gasteiger partial charge in [0.1, 0.15) is 0 Å². The van der Waals surface area contributed by atoms with Crippen LogP contribution in [0, 0.1) is 0 Å². The predicted octanol–water partition coefficient (Wildman–Crippen LogP) is 3.90. The monoisotopic (exact) mass is 519 g/mol. The van der Waals surface area contributed by atoms with E-state index >= 15 is 0 Å². The van der Waals surface area contributed by atoms with E-state index in [1.54, 1.807) is 7.05 Å². The Morgan fingerprint density at radius 3 is 2.67 bits per heavy atom. The molecule has 30 heavy (non-hydrogen) atoms. The maximum absolute atomic E-state index is 5.75. The van der Waals surface area contributed by atoms with Gasteiger partial charge in [-0.25, -0.2) is 0 Å². The predicted molar refractivity (Wildman–Crippen MR) is 129 cm³/mol. The summed E-state index contributed by atoms with van der Waals surface area (Å²) in [6.07, 6.45) is 4.80. The van der Waals surface area contributed by atoms with E-state index in [2.05, 4.69) is 32.9 Å². The van der Waals surface area contributed by atoms with Gasteiger partial charge in [0.05, 0.1) is 26.0 Å². The van der Waals surface area contributed by atoms with E-state index in [1.807, 2.05) is 53.5 Å². The highest BCUT2D eigenvalue weighted by molar-refractivity contribution is 14.0. The van der Waals surface area contributed by atoms with E-state index in [0.717, 1.165) is 35.7 Å². The molecule has 3 aromatic rings. The second kappa shape index (κ2) is 10.9. The van der Waals surface area contributed by atoms with Crippen molar-refractivity contribution in [1.82, 2.24) is 15.1 Å². The van der Waals surface area contributed by atoms with Crippen LogP contribution in [0.25, 0.3) is 0 Å². The number of nitrogens with zero attached hydrogens (tertiary/aromatic N) is 3. The van der Waals surface area contributed by atoms with Crippen molar-refractivity contribution in [1.29, 1.82) is 0 Å². The van der Waals surface area contributed by atoms with Gasteiger partial charge in [-0.1, -0.05) is 30.3 Å². The quantitative estimate of drug-likeness (QED) is 0.304. The van der Waals surface area contributed by atoms with Gasteiger partial charge in [0.25, 0.3) is 0 Å². The smallest absolute Gasteiger partial charge is 0.195 e. The summed E-state index contributed by atoms with van der Waals surface area (Å²) < 4.78 is 13.4. The van der Waals surface area contributed by atoms with Crippen LogP contribution in [0.3, 0.4) is 0 Å². The van der Waals surface area contributed by atoms with Crippen LogP contribution in [0.5, 0.6) is 11.5 Å².